The maximum absolute atomic E-state index is 12.5. The second-order valence-electron chi connectivity index (χ2n) is 7.83. The fourth-order valence-corrected chi connectivity index (χ4v) is 3.82. The van der Waals surface area contributed by atoms with Gasteiger partial charge in [-0.05, 0) is 57.5 Å². The van der Waals surface area contributed by atoms with Gasteiger partial charge in [0.05, 0.1) is 39.1 Å². The van der Waals surface area contributed by atoms with Crippen molar-refractivity contribution in [2.45, 2.75) is 26.7 Å². The highest BCUT2D eigenvalue weighted by molar-refractivity contribution is 6.08. The molecule has 0 unspecified atom stereocenters. The lowest BCUT2D eigenvalue weighted by Crippen LogP contribution is -2.24. The van der Waals surface area contributed by atoms with Crippen molar-refractivity contribution in [1.82, 2.24) is 4.90 Å². The molecule has 7 nitrogen and oxygen atoms in total. The standard InChI is InChI=1S/C26H33NO6/c1-6-31-23-21-12-16-33-24(21)26(30-5)25(22(23)18(2)28)32-15-8-13-27(3)14-11-19-9-7-10-20(17-19)29-4/h7,9-10,12,16-17H,6,8,11,13-15H2,1-5H3. The number of benzene rings is 2. The molecule has 0 radical (unpaired) electrons. The van der Waals surface area contributed by atoms with E-state index in [0.29, 0.717) is 47.0 Å². The molecule has 1 aromatic heterocycles. The van der Waals surface area contributed by atoms with Crippen LogP contribution in [-0.2, 0) is 6.42 Å². The first-order valence-electron chi connectivity index (χ1n) is 11.2. The predicted molar refractivity (Wildman–Crippen MR) is 128 cm³/mol. The van der Waals surface area contributed by atoms with E-state index in [-0.39, 0.29) is 5.78 Å². The minimum Gasteiger partial charge on any atom is -0.497 e. The molecule has 0 aliphatic carbocycles. The number of ketones is 1. The molecule has 2 aromatic carbocycles. The quantitative estimate of drug-likeness (QED) is 0.265. The second kappa shape index (κ2) is 11.6. The van der Waals surface area contributed by atoms with Gasteiger partial charge < -0.3 is 28.3 Å². The van der Waals surface area contributed by atoms with Crippen molar-refractivity contribution >= 4 is 16.8 Å². The van der Waals surface area contributed by atoms with E-state index in [4.69, 9.17) is 23.4 Å². The van der Waals surface area contributed by atoms with Crippen LogP contribution >= 0.6 is 0 Å². The summed E-state index contributed by atoms with van der Waals surface area (Å²) in [7, 11) is 5.31. The van der Waals surface area contributed by atoms with Crippen molar-refractivity contribution in [3.63, 3.8) is 0 Å². The Hall–Kier alpha value is -3.19. The Morgan fingerprint density at radius 3 is 2.55 bits per heavy atom. The van der Waals surface area contributed by atoms with Crippen LogP contribution in [0.25, 0.3) is 11.0 Å². The van der Waals surface area contributed by atoms with E-state index in [0.717, 1.165) is 31.7 Å². The van der Waals surface area contributed by atoms with E-state index >= 15 is 0 Å². The predicted octanol–water partition coefficient (Wildman–Crippen LogP) is 4.99. The number of methoxy groups -OCH3 is 2. The molecule has 1 heterocycles. The normalized spacial score (nSPS) is 11.1. The minimum absolute atomic E-state index is 0.148. The zero-order valence-corrected chi connectivity index (χ0v) is 20.1. The summed E-state index contributed by atoms with van der Waals surface area (Å²) in [4.78, 5) is 14.8. The topological polar surface area (TPSA) is 70.4 Å². The summed E-state index contributed by atoms with van der Waals surface area (Å²) in [5, 5.41) is 0.698. The first kappa shape index (κ1) is 24.5. The van der Waals surface area contributed by atoms with Gasteiger partial charge in [0.2, 0.25) is 5.75 Å². The summed E-state index contributed by atoms with van der Waals surface area (Å²) in [6, 6.07) is 9.90. The number of rotatable bonds is 13. The highest BCUT2D eigenvalue weighted by Crippen LogP contribution is 2.46. The van der Waals surface area contributed by atoms with E-state index < -0.39 is 0 Å². The summed E-state index contributed by atoms with van der Waals surface area (Å²) in [6.45, 7) is 6.00. The summed E-state index contributed by atoms with van der Waals surface area (Å²) >= 11 is 0. The van der Waals surface area contributed by atoms with Gasteiger partial charge in [-0.2, -0.15) is 0 Å². The summed E-state index contributed by atoms with van der Waals surface area (Å²) < 4.78 is 28.4. The fraction of sp³-hybridized carbons (Fsp3) is 0.423. The molecule has 0 spiro atoms. The van der Waals surface area contributed by atoms with Gasteiger partial charge in [0.25, 0.3) is 0 Å². The first-order chi connectivity index (χ1) is 16.0. The van der Waals surface area contributed by atoms with Gasteiger partial charge in [0.1, 0.15) is 17.1 Å². The molecule has 0 N–H and O–H groups in total. The molecule has 0 atom stereocenters. The minimum atomic E-state index is -0.148. The Kier molecular flexibility index (Phi) is 8.60. The maximum Gasteiger partial charge on any atom is 0.205 e. The largest absolute Gasteiger partial charge is 0.497 e. The Labute approximate surface area is 195 Å². The zero-order chi connectivity index (χ0) is 23.8. The number of furan rings is 1. The number of hydrogen-bond acceptors (Lipinski definition) is 7. The van der Waals surface area contributed by atoms with Crippen LogP contribution in [0.4, 0.5) is 0 Å². The van der Waals surface area contributed by atoms with E-state index in [1.165, 1.54) is 12.5 Å². The first-order valence-corrected chi connectivity index (χ1v) is 11.2. The third-order valence-electron chi connectivity index (χ3n) is 5.47. The van der Waals surface area contributed by atoms with Crippen molar-refractivity contribution in [3.8, 4) is 23.0 Å². The van der Waals surface area contributed by atoms with E-state index in [9.17, 15) is 4.79 Å². The number of carbonyl (C=O) groups excluding carboxylic acids is 1. The average molecular weight is 456 g/mol. The van der Waals surface area contributed by atoms with Gasteiger partial charge in [-0.15, -0.1) is 0 Å². The molecule has 0 aliphatic heterocycles. The molecular formula is C26H33NO6. The van der Waals surface area contributed by atoms with Crippen LogP contribution in [0.15, 0.2) is 41.0 Å². The van der Waals surface area contributed by atoms with Crippen LogP contribution in [0, 0.1) is 0 Å². The van der Waals surface area contributed by atoms with Gasteiger partial charge in [-0.25, -0.2) is 0 Å². The zero-order valence-electron chi connectivity index (χ0n) is 20.1. The van der Waals surface area contributed by atoms with Crippen LogP contribution < -0.4 is 18.9 Å². The summed E-state index contributed by atoms with van der Waals surface area (Å²) in [5.41, 5.74) is 2.13. The Balaban J connectivity index is 1.65. The molecule has 3 rings (SSSR count). The lowest BCUT2D eigenvalue weighted by molar-refractivity contribution is 0.100. The number of fused-ring (bicyclic) bond motifs is 1. The highest BCUT2D eigenvalue weighted by Gasteiger charge is 2.27. The molecule has 0 bridgehead atoms. The van der Waals surface area contributed by atoms with Crippen LogP contribution in [0.3, 0.4) is 0 Å². The number of Topliss-reactive ketones (excluding diaryl/α,β-unsaturated/α-hetero) is 1. The van der Waals surface area contributed by atoms with E-state index in [1.807, 2.05) is 19.1 Å². The molecular weight excluding hydrogens is 422 g/mol. The summed E-state index contributed by atoms with van der Waals surface area (Å²) in [5.74, 6) is 1.98. The van der Waals surface area contributed by atoms with Gasteiger partial charge in [0, 0.05) is 13.1 Å². The van der Waals surface area contributed by atoms with Gasteiger partial charge in [0.15, 0.2) is 17.1 Å². The monoisotopic (exact) mass is 455 g/mol. The van der Waals surface area contributed by atoms with Crippen molar-refractivity contribution in [2.75, 3.05) is 47.6 Å². The van der Waals surface area contributed by atoms with Crippen LogP contribution in [-0.4, -0.2) is 58.3 Å². The SMILES string of the molecule is CCOc1c(C(C)=O)c(OCCCN(C)CCc2cccc(OC)c2)c(OC)c2occc12. The molecule has 0 fully saturated rings. The molecule has 33 heavy (non-hydrogen) atoms. The number of carbonyl (C=O) groups is 1. The molecule has 3 aromatic rings. The van der Waals surface area contributed by atoms with Crippen LogP contribution in [0.1, 0.15) is 36.2 Å². The molecule has 0 saturated heterocycles. The fourth-order valence-electron chi connectivity index (χ4n) is 3.82. The second-order valence-corrected chi connectivity index (χ2v) is 7.83. The van der Waals surface area contributed by atoms with Gasteiger partial charge in [-0.1, -0.05) is 12.1 Å². The number of likely N-dealkylation sites (N-methyl/N-ethyl adjacent to an activating group) is 1. The number of hydrogen-bond donors (Lipinski definition) is 0. The average Bonchev–Trinajstić information content (AvgIpc) is 3.30. The third-order valence-corrected chi connectivity index (χ3v) is 5.47. The number of nitrogens with zero attached hydrogens (tertiary/aromatic N) is 1. The lowest BCUT2D eigenvalue weighted by Gasteiger charge is -2.20. The molecule has 0 saturated carbocycles. The van der Waals surface area contributed by atoms with Crippen LogP contribution in [0.2, 0.25) is 0 Å². The Bertz CT molecular complexity index is 1070. The highest BCUT2D eigenvalue weighted by atomic mass is 16.5. The Morgan fingerprint density at radius 1 is 1.03 bits per heavy atom. The number of ether oxygens (including phenoxy) is 4. The third kappa shape index (κ3) is 5.79. The van der Waals surface area contributed by atoms with Crippen LogP contribution in [0.5, 0.6) is 23.0 Å². The smallest absolute Gasteiger partial charge is 0.205 e. The van der Waals surface area contributed by atoms with Gasteiger partial charge >= 0.3 is 0 Å². The van der Waals surface area contributed by atoms with Gasteiger partial charge in [-0.3, -0.25) is 4.79 Å². The van der Waals surface area contributed by atoms with E-state index in [1.54, 1.807) is 26.5 Å². The molecule has 178 valence electrons. The van der Waals surface area contributed by atoms with Crippen molar-refractivity contribution < 1.29 is 28.2 Å². The van der Waals surface area contributed by atoms with E-state index in [2.05, 4.69) is 24.1 Å². The van der Waals surface area contributed by atoms with Crippen molar-refractivity contribution in [2.24, 2.45) is 0 Å². The summed E-state index contributed by atoms with van der Waals surface area (Å²) in [6.07, 6.45) is 3.28. The molecule has 0 aliphatic rings. The molecule has 7 heteroatoms. The molecule has 0 amide bonds. The van der Waals surface area contributed by atoms with Crippen molar-refractivity contribution in [1.29, 1.82) is 0 Å². The lowest BCUT2D eigenvalue weighted by atomic mass is 10.0. The maximum atomic E-state index is 12.5. The van der Waals surface area contributed by atoms with Crippen molar-refractivity contribution in [3.05, 3.63) is 47.7 Å². The Morgan fingerprint density at radius 2 is 1.85 bits per heavy atom.